The molecule has 4 heteroatoms. The van der Waals surface area contributed by atoms with Crippen LogP contribution in [-0.2, 0) is 10.8 Å². The number of hydrogen-bond acceptors (Lipinski definition) is 3. The molecule has 1 rings (SSSR count). The van der Waals surface area contributed by atoms with E-state index in [1.54, 1.807) is 11.8 Å². The highest BCUT2D eigenvalue weighted by atomic mass is 32.2. The van der Waals surface area contributed by atoms with Crippen molar-refractivity contribution < 1.29 is 9.32 Å². The Morgan fingerprint density at radius 3 is 2.67 bits per heavy atom. The van der Waals surface area contributed by atoms with Crippen molar-refractivity contribution in [1.82, 2.24) is 0 Å². The van der Waals surface area contributed by atoms with Gasteiger partial charge in [0, 0.05) is 16.6 Å². The molecule has 1 fully saturated rings. The zero-order valence-electron chi connectivity index (χ0n) is 9.60. The lowest BCUT2D eigenvalue weighted by Crippen LogP contribution is -2.47. The summed E-state index contributed by atoms with van der Waals surface area (Å²) in [6, 6.07) is 0. The SMILES string of the molecule is C/C=C/[C@]1([C@@H](O)C(C)C)SCCCS1=O. The molecule has 2 nitrogen and oxygen atoms in total. The molecule has 3 atom stereocenters. The van der Waals surface area contributed by atoms with Gasteiger partial charge in [-0.15, -0.1) is 11.8 Å². The van der Waals surface area contributed by atoms with Crippen molar-refractivity contribution in [3.05, 3.63) is 12.2 Å². The predicted octanol–water partition coefficient (Wildman–Crippen LogP) is 2.16. The Bertz CT molecular complexity index is 263. The first-order valence-electron chi connectivity index (χ1n) is 5.39. The molecule has 1 unspecified atom stereocenters. The van der Waals surface area contributed by atoms with Crippen molar-refractivity contribution in [3.63, 3.8) is 0 Å². The standard InChI is InChI=1S/C11H20O2S2/c1-4-6-11(10(12)9(2)3)14-7-5-8-15(11)13/h4,6,9-10,12H,5,7-8H2,1-3H3/b6-4+/t10-,11-,15?/m0/s1. The molecule has 88 valence electrons. The van der Waals surface area contributed by atoms with Crippen LogP contribution in [0.5, 0.6) is 0 Å². The van der Waals surface area contributed by atoms with E-state index in [9.17, 15) is 9.32 Å². The summed E-state index contributed by atoms with van der Waals surface area (Å²) in [5.74, 6) is 1.83. The van der Waals surface area contributed by atoms with Crippen LogP contribution >= 0.6 is 11.8 Å². The third-order valence-corrected chi connectivity index (χ3v) is 6.58. The van der Waals surface area contributed by atoms with Crippen LogP contribution < -0.4 is 0 Å². The second-order valence-electron chi connectivity index (χ2n) is 4.16. The van der Waals surface area contributed by atoms with E-state index in [0.717, 1.165) is 12.2 Å². The fourth-order valence-corrected chi connectivity index (χ4v) is 5.83. The third-order valence-electron chi connectivity index (χ3n) is 2.60. The van der Waals surface area contributed by atoms with Crippen molar-refractivity contribution >= 4 is 22.6 Å². The zero-order valence-corrected chi connectivity index (χ0v) is 11.2. The van der Waals surface area contributed by atoms with Gasteiger partial charge in [0.05, 0.1) is 6.10 Å². The van der Waals surface area contributed by atoms with E-state index in [2.05, 4.69) is 0 Å². The highest BCUT2D eigenvalue weighted by molar-refractivity contribution is 8.13. The van der Waals surface area contributed by atoms with Crippen LogP contribution in [0.2, 0.25) is 0 Å². The van der Waals surface area contributed by atoms with Crippen molar-refractivity contribution in [2.24, 2.45) is 5.92 Å². The minimum absolute atomic E-state index is 0.135. The molecular formula is C11H20O2S2. The summed E-state index contributed by atoms with van der Waals surface area (Å²) in [7, 11) is -0.961. The predicted molar refractivity (Wildman–Crippen MR) is 68.5 cm³/mol. The van der Waals surface area contributed by atoms with Gasteiger partial charge >= 0.3 is 0 Å². The van der Waals surface area contributed by atoms with Gasteiger partial charge < -0.3 is 5.11 Å². The molecule has 0 amide bonds. The van der Waals surface area contributed by atoms with E-state index in [4.69, 9.17) is 0 Å². The second kappa shape index (κ2) is 5.51. The van der Waals surface area contributed by atoms with Crippen molar-refractivity contribution in [2.45, 2.75) is 37.4 Å². The highest BCUT2D eigenvalue weighted by Crippen LogP contribution is 2.41. The fraction of sp³-hybridized carbons (Fsp3) is 0.818. The first kappa shape index (κ1) is 13.3. The Hall–Kier alpha value is 0.200. The van der Waals surface area contributed by atoms with Crippen molar-refractivity contribution in [3.8, 4) is 0 Å². The fourth-order valence-electron chi connectivity index (χ4n) is 1.79. The van der Waals surface area contributed by atoms with Gasteiger partial charge in [-0.25, -0.2) is 0 Å². The van der Waals surface area contributed by atoms with E-state index < -0.39 is 21.0 Å². The van der Waals surface area contributed by atoms with E-state index in [1.807, 2.05) is 32.9 Å². The summed E-state index contributed by atoms with van der Waals surface area (Å²) < 4.78 is 11.6. The average molecular weight is 248 g/mol. The molecule has 0 aromatic carbocycles. The number of rotatable bonds is 3. The van der Waals surface area contributed by atoms with Gasteiger partial charge in [-0.1, -0.05) is 26.0 Å². The maximum atomic E-state index is 12.1. The summed E-state index contributed by atoms with van der Waals surface area (Å²) in [5.41, 5.74) is 0. The molecular weight excluding hydrogens is 228 g/mol. The van der Waals surface area contributed by atoms with Crippen LogP contribution in [-0.4, -0.2) is 31.0 Å². The van der Waals surface area contributed by atoms with E-state index in [0.29, 0.717) is 5.75 Å². The summed E-state index contributed by atoms with van der Waals surface area (Å²) in [4.78, 5) is 0. The Morgan fingerprint density at radius 1 is 1.53 bits per heavy atom. The third kappa shape index (κ3) is 2.66. The van der Waals surface area contributed by atoms with Crippen LogP contribution in [0.15, 0.2) is 12.2 Å². The van der Waals surface area contributed by atoms with Crippen LogP contribution in [0.3, 0.4) is 0 Å². The van der Waals surface area contributed by atoms with Crippen molar-refractivity contribution in [1.29, 1.82) is 0 Å². The van der Waals surface area contributed by atoms with Gasteiger partial charge in [-0.05, 0) is 25.0 Å². The number of aliphatic hydroxyl groups is 1. The molecule has 0 bridgehead atoms. The number of allylic oxidation sites excluding steroid dienone is 1. The molecule has 1 N–H and O–H groups in total. The summed E-state index contributed by atoms with van der Waals surface area (Å²) in [6.45, 7) is 5.87. The molecule has 1 heterocycles. The molecule has 0 radical (unpaired) electrons. The summed E-state index contributed by atoms with van der Waals surface area (Å²) >= 11 is 1.64. The molecule has 1 saturated heterocycles. The molecule has 0 aromatic heterocycles. The number of hydrogen-bond donors (Lipinski definition) is 1. The van der Waals surface area contributed by atoms with Crippen LogP contribution in [0.25, 0.3) is 0 Å². The zero-order chi connectivity index (χ0) is 11.5. The molecule has 0 aliphatic carbocycles. The van der Waals surface area contributed by atoms with E-state index >= 15 is 0 Å². The lowest BCUT2D eigenvalue weighted by molar-refractivity contribution is 0.123. The van der Waals surface area contributed by atoms with Gasteiger partial charge in [0.25, 0.3) is 0 Å². The minimum atomic E-state index is -0.961. The number of aliphatic hydroxyl groups excluding tert-OH is 1. The highest BCUT2D eigenvalue weighted by Gasteiger charge is 2.44. The Labute approximate surface area is 99.0 Å². The van der Waals surface area contributed by atoms with Crippen LogP contribution in [0.1, 0.15) is 27.2 Å². The molecule has 15 heavy (non-hydrogen) atoms. The average Bonchev–Trinajstić information content (AvgIpc) is 2.20. The number of thioether (sulfide) groups is 1. The van der Waals surface area contributed by atoms with Crippen molar-refractivity contribution in [2.75, 3.05) is 11.5 Å². The summed E-state index contributed by atoms with van der Waals surface area (Å²) in [5, 5.41) is 10.2. The normalized spacial score (nSPS) is 34.9. The maximum absolute atomic E-state index is 12.1. The molecule has 1 aliphatic rings. The molecule has 0 aromatic rings. The second-order valence-corrected chi connectivity index (χ2v) is 7.57. The Morgan fingerprint density at radius 2 is 2.20 bits per heavy atom. The monoisotopic (exact) mass is 248 g/mol. The quantitative estimate of drug-likeness (QED) is 0.778. The largest absolute Gasteiger partial charge is 0.390 e. The van der Waals surface area contributed by atoms with Crippen LogP contribution in [0.4, 0.5) is 0 Å². The first-order valence-corrected chi connectivity index (χ1v) is 7.69. The Kier molecular flexibility index (Phi) is 4.87. The smallest absolute Gasteiger partial charge is 0.135 e. The summed E-state index contributed by atoms with van der Waals surface area (Å²) in [6.07, 6.45) is 4.29. The Balaban J connectivity index is 3.00. The van der Waals surface area contributed by atoms with Gasteiger partial charge in [-0.2, -0.15) is 0 Å². The van der Waals surface area contributed by atoms with Gasteiger partial charge in [0.2, 0.25) is 0 Å². The molecule has 0 spiro atoms. The maximum Gasteiger partial charge on any atom is 0.135 e. The first-order chi connectivity index (χ1) is 7.04. The topological polar surface area (TPSA) is 37.3 Å². The van der Waals surface area contributed by atoms with Gasteiger partial charge in [0.15, 0.2) is 0 Å². The van der Waals surface area contributed by atoms with E-state index in [-0.39, 0.29) is 5.92 Å². The van der Waals surface area contributed by atoms with Gasteiger partial charge in [-0.3, -0.25) is 4.21 Å². The van der Waals surface area contributed by atoms with Crippen LogP contribution in [0, 0.1) is 5.92 Å². The molecule has 1 aliphatic heterocycles. The lowest BCUT2D eigenvalue weighted by Gasteiger charge is -2.38. The van der Waals surface area contributed by atoms with Gasteiger partial charge in [0.1, 0.15) is 4.08 Å². The minimum Gasteiger partial charge on any atom is -0.390 e. The van der Waals surface area contributed by atoms with E-state index in [1.165, 1.54) is 0 Å². The molecule has 0 saturated carbocycles. The lowest BCUT2D eigenvalue weighted by atomic mass is 10.0.